The van der Waals surface area contributed by atoms with Gasteiger partial charge in [0.25, 0.3) is 0 Å². The lowest BCUT2D eigenvalue weighted by Gasteiger charge is -2.37. The summed E-state index contributed by atoms with van der Waals surface area (Å²) >= 11 is 0. The largest absolute Gasteiger partial charge is 0.443 e. The average molecular weight is 696 g/mol. The van der Waals surface area contributed by atoms with Gasteiger partial charge in [-0.2, -0.15) is 5.10 Å². The van der Waals surface area contributed by atoms with E-state index in [4.69, 9.17) is 19.6 Å². The van der Waals surface area contributed by atoms with Crippen LogP contribution >= 0.6 is 0 Å². The molecule has 0 spiro atoms. The van der Waals surface area contributed by atoms with Crippen LogP contribution in [0.2, 0.25) is 0 Å². The van der Waals surface area contributed by atoms with Crippen LogP contribution in [0.4, 0.5) is 9.59 Å². The van der Waals surface area contributed by atoms with Gasteiger partial charge in [0.2, 0.25) is 0 Å². The number of amides is 2. The van der Waals surface area contributed by atoms with Crippen molar-refractivity contribution in [2.24, 2.45) is 11.8 Å². The van der Waals surface area contributed by atoms with Crippen molar-refractivity contribution in [3.63, 3.8) is 0 Å². The Kier molecular flexibility index (Phi) is 14.7. The van der Waals surface area contributed by atoms with E-state index in [1.807, 2.05) is 41.3 Å². The summed E-state index contributed by atoms with van der Waals surface area (Å²) in [5.41, 5.74) is -1.59. The predicted molar refractivity (Wildman–Crippen MR) is 197 cm³/mol. The maximum atomic E-state index is 12.7. The number of likely N-dealkylation sites (tertiary alicyclic amines) is 1. The van der Waals surface area contributed by atoms with Gasteiger partial charge in [0.15, 0.2) is 11.4 Å². The van der Waals surface area contributed by atoms with Gasteiger partial charge in [-0.1, -0.05) is 81.7 Å². The second kappa shape index (κ2) is 18.5. The molecule has 1 aromatic heterocycles. The Morgan fingerprint density at radius 3 is 1.94 bits per heavy atom. The van der Waals surface area contributed by atoms with E-state index < -0.39 is 29.0 Å². The lowest BCUT2D eigenvalue weighted by molar-refractivity contribution is -0.00868. The minimum absolute atomic E-state index is 0.144. The zero-order chi connectivity index (χ0) is 36.2. The third-order valence-electron chi connectivity index (χ3n) is 10.0. The molecule has 2 aromatic rings. The zero-order valence-corrected chi connectivity index (χ0v) is 31.9. The van der Waals surface area contributed by atoms with Crippen LogP contribution in [0.5, 0.6) is 0 Å². The third kappa shape index (κ3) is 12.4. The van der Waals surface area contributed by atoms with Crippen molar-refractivity contribution in [1.82, 2.24) is 24.6 Å². The minimum atomic E-state index is -1.14. The first kappa shape index (κ1) is 39.8. The first-order valence-electron chi connectivity index (χ1n) is 19.4. The van der Waals surface area contributed by atoms with Gasteiger partial charge in [0.1, 0.15) is 17.5 Å². The van der Waals surface area contributed by atoms with Crippen LogP contribution in [0, 0.1) is 11.8 Å². The fourth-order valence-electron chi connectivity index (χ4n) is 7.35. The van der Waals surface area contributed by atoms with Gasteiger partial charge in [-0.3, -0.25) is 4.68 Å². The molecule has 1 N–H and O–H groups in total. The van der Waals surface area contributed by atoms with Crippen molar-refractivity contribution in [2.45, 2.75) is 155 Å². The Morgan fingerprint density at radius 2 is 1.36 bits per heavy atom. The molecule has 2 heterocycles. The SMILES string of the molecule is CC(C)(C)OC(=O)N(CCCCCCCCCN1CCC(Cn2cnc(C(O)(c3ccccc3)C3CCCCC3)n2)CC1)C(=O)OC(C)(C)C. The van der Waals surface area contributed by atoms with Crippen LogP contribution in [0.1, 0.15) is 143 Å². The van der Waals surface area contributed by atoms with Crippen molar-refractivity contribution < 1.29 is 24.2 Å². The third-order valence-corrected chi connectivity index (χ3v) is 10.0. The lowest BCUT2D eigenvalue weighted by atomic mass is 9.73. The molecule has 1 atom stereocenters. The molecular weight excluding hydrogens is 630 g/mol. The van der Waals surface area contributed by atoms with Crippen LogP contribution in [-0.2, 0) is 21.6 Å². The Labute approximate surface area is 301 Å². The molecule has 1 aliphatic carbocycles. The Balaban J connectivity index is 1.11. The summed E-state index contributed by atoms with van der Waals surface area (Å²) in [6.07, 6.45) is 15.9. The number of aliphatic hydroxyl groups is 1. The molecule has 1 aromatic carbocycles. The van der Waals surface area contributed by atoms with Crippen LogP contribution in [0.15, 0.2) is 36.7 Å². The molecule has 0 radical (unpaired) electrons. The number of nitrogens with zero attached hydrogens (tertiary/aromatic N) is 5. The van der Waals surface area contributed by atoms with Crippen molar-refractivity contribution in [2.75, 3.05) is 26.2 Å². The van der Waals surface area contributed by atoms with Crippen LogP contribution in [0.3, 0.4) is 0 Å². The number of aromatic nitrogens is 3. The number of carbonyl (C=O) groups excluding carboxylic acids is 2. The normalized spacial score (nSPS) is 18.1. The number of hydrogen-bond donors (Lipinski definition) is 1. The fourth-order valence-corrected chi connectivity index (χ4v) is 7.35. The highest BCUT2D eigenvalue weighted by Crippen LogP contribution is 2.42. The zero-order valence-electron chi connectivity index (χ0n) is 31.9. The van der Waals surface area contributed by atoms with Gasteiger partial charge < -0.3 is 19.5 Å². The highest BCUT2D eigenvalue weighted by Gasteiger charge is 2.44. The number of carbonyl (C=O) groups is 2. The molecule has 1 saturated carbocycles. The van der Waals surface area contributed by atoms with E-state index in [1.165, 1.54) is 25.7 Å². The number of ether oxygens (including phenoxy) is 2. The second-order valence-corrected chi connectivity index (χ2v) is 16.6. The molecule has 0 bridgehead atoms. The van der Waals surface area contributed by atoms with Crippen molar-refractivity contribution in [3.8, 4) is 0 Å². The van der Waals surface area contributed by atoms with E-state index in [2.05, 4.69) is 4.90 Å². The van der Waals surface area contributed by atoms with Crippen molar-refractivity contribution in [3.05, 3.63) is 48.0 Å². The first-order valence-corrected chi connectivity index (χ1v) is 19.4. The molecule has 50 heavy (non-hydrogen) atoms. The second-order valence-electron chi connectivity index (χ2n) is 16.6. The molecule has 2 aliphatic rings. The molecule has 2 fully saturated rings. The van der Waals surface area contributed by atoms with Crippen molar-refractivity contribution in [1.29, 1.82) is 0 Å². The highest BCUT2D eigenvalue weighted by atomic mass is 16.6. The maximum Gasteiger partial charge on any atom is 0.419 e. The van der Waals surface area contributed by atoms with Gasteiger partial charge >= 0.3 is 12.2 Å². The summed E-state index contributed by atoms with van der Waals surface area (Å²) in [4.78, 5) is 33.7. The molecule has 10 heteroatoms. The van der Waals surface area contributed by atoms with Crippen LogP contribution in [0.25, 0.3) is 0 Å². The number of unbranched alkanes of at least 4 members (excludes halogenated alkanes) is 6. The number of benzene rings is 1. The number of hydrogen-bond acceptors (Lipinski definition) is 8. The monoisotopic (exact) mass is 695 g/mol. The molecule has 1 unspecified atom stereocenters. The number of rotatable bonds is 15. The van der Waals surface area contributed by atoms with E-state index in [-0.39, 0.29) is 5.92 Å². The average Bonchev–Trinajstić information content (AvgIpc) is 3.54. The molecule has 1 aliphatic heterocycles. The molecule has 4 rings (SSSR count). The van der Waals surface area contributed by atoms with Crippen LogP contribution < -0.4 is 0 Å². The number of imide groups is 1. The molecule has 1 saturated heterocycles. The standard InChI is InChI=1S/C40H65N5O5/c1-38(2,3)49-36(46)45(37(47)50-39(4,5)6)27-19-11-9-7-8-10-18-26-43-28-24-32(25-29-43)30-44-31-41-35(42-44)40(48,33-20-14-12-15-21-33)34-22-16-13-17-23-34/h12,14-15,20-21,31-32,34,48H,7-11,13,16-19,22-30H2,1-6H3. The summed E-state index contributed by atoms with van der Waals surface area (Å²) in [6.45, 7) is 15.3. The number of piperidine rings is 1. The smallest absolute Gasteiger partial charge is 0.419 e. The quantitative estimate of drug-likeness (QED) is 0.184. The molecular formula is C40H65N5O5. The van der Waals surface area contributed by atoms with Crippen molar-refractivity contribution >= 4 is 12.2 Å². The summed E-state index contributed by atoms with van der Waals surface area (Å²) in [7, 11) is 0. The Bertz CT molecular complexity index is 1280. The van der Waals surface area contributed by atoms with Crippen LogP contribution in [-0.4, -0.2) is 79.2 Å². The molecule has 10 nitrogen and oxygen atoms in total. The summed E-state index contributed by atoms with van der Waals surface area (Å²) in [6, 6.07) is 10.0. The summed E-state index contributed by atoms with van der Waals surface area (Å²) < 4.78 is 12.9. The Hall–Kier alpha value is -2.98. The molecule has 2 amide bonds. The maximum absolute atomic E-state index is 12.7. The van der Waals surface area contributed by atoms with Gasteiger partial charge in [-0.25, -0.2) is 19.5 Å². The Morgan fingerprint density at radius 1 is 0.800 bits per heavy atom. The topological polar surface area (TPSA) is 110 Å². The summed E-state index contributed by atoms with van der Waals surface area (Å²) in [5, 5.41) is 17.0. The summed E-state index contributed by atoms with van der Waals surface area (Å²) in [5.74, 6) is 1.27. The molecule has 280 valence electrons. The van der Waals surface area contributed by atoms with Gasteiger partial charge in [0.05, 0.1) is 0 Å². The fraction of sp³-hybridized carbons (Fsp3) is 0.750. The van der Waals surface area contributed by atoms with E-state index in [9.17, 15) is 14.7 Å². The van der Waals surface area contributed by atoms with E-state index in [0.29, 0.717) is 18.3 Å². The first-order chi connectivity index (χ1) is 23.7. The highest BCUT2D eigenvalue weighted by molar-refractivity contribution is 5.88. The van der Waals surface area contributed by atoms with Gasteiger partial charge in [-0.15, -0.1) is 0 Å². The predicted octanol–water partition coefficient (Wildman–Crippen LogP) is 8.71. The lowest BCUT2D eigenvalue weighted by Crippen LogP contribution is -2.44. The van der Waals surface area contributed by atoms with Gasteiger partial charge in [-0.05, 0) is 117 Å². The minimum Gasteiger partial charge on any atom is -0.443 e. The van der Waals surface area contributed by atoms with E-state index in [0.717, 1.165) is 101 Å². The van der Waals surface area contributed by atoms with Gasteiger partial charge in [0, 0.05) is 13.1 Å². The van der Waals surface area contributed by atoms with E-state index >= 15 is 0 Å². The van der Waals surface area contributed by atoms with E-state index in [1.54, 1.807) is 41.5 Å².